The Hall–Kier alpha value is -4.56. The summed E-state index contributed by atoms with van der Waals surface area (Å²) in [5.74, 6) is -5.10. The van der Waals surface area contributed by atoms with Crippen molar-refractivity contribution < 1.29 is 30.7 Å². The van der Waals surface area contributed by atoms with Crippen molar-refractivity contribution in [3.05, 3.63) is 96.1 Å². The first-order chi connectivity index (χ1) is 21.0. The number of allylic oxidation sites excluding steroid dienone is 1. The second-order valence-corrected chi connectivity index (χ2v) is 11.9. The number of ether oxygens (including phenoxy) is 1. The molecule has 14 heteroatoms. The van der Waals surface area contributed by atoms with Crippen molar-refractivity contribution in [1.82, 2.24) is 20.3 Å². The Bertz CT molecular complexity index is 1810. The molecule has 0 saturated carbocycles. The van der Waals surface area contributed by atoms with Gasteiger partial charge in [-0.1, -0.05) is 24.8 Å². The van der Waals surface area contributed by atoms with E-state index in [2.05, 4.69) is 32.2 Å². The lowest BCUT2D eigenvalue weighted by molar-refractivity contribution is 0.254. The molecule has 0 radical (unpaired) electrons. The minimum absolute atomic E-state index is 0.0886. The smallest absolute Gasteiger partial charge is 0.237 e. The van der Waals surface area contributed by atoms with Gasteiger partial charge in [-0.05, 0) is 42.8 Å². The molecule has 2 aromatic carbocycles. The van der Waals surface area contributed by atoms with Crippen molar-refractivity contribution in [2.24, 2.45) is 0 Å². The van der Waals surface area contributed by atoms with Crippen LogP contribution in [0.1, 0.15) is 24.5 Å². The van der Waals surface area contributed by atoms with Crippen molar-refractivity contribution in [3.63, 3.8) is 0 Å². The third-order valence-corrected chi connectivity index (χ3v) is 7.94. The molecule has 230 valence electrons. The Morgan fingerprint density at radius 1 is 1.07 bits per heavy atom. The van der Waals surface area contributed by atoms with Crippen molar-refractivity contribution in [3.8, 4) is 22.9 Å². The first-order valence-electron chi connectivity index (χ1n) is 13.5. The maximum absolute atomic E-state index is 15.5. The van der Waals surface area contributed by atoms with Gasteiger partial charge in [0.2, 0.25) is 27.7 Å². The summed E-state index contributed by atoms with van der Waals surface area (Å²) in [4.78, 5) is 12.8. The number of halogens is 4. The second-order valence-electron chi connectivity index (χ2n) is 10.2. The SMILES string of the molecule is C=C(C)c1cc(Oc2ncccc2-c2ccnc(NC3CNC[C@@H](F)C3)n2)c(F)c(F)c1NS(=O)(=O)Cc1ccccc1F. The maximum Gasteiger partial charge on any atom is 0.237 e. The van der Waals surface area contributed by atoms with E-state index in [0.29, 0.717) is 17.8 Å². The minimum atomic E-state index is -4.37. The van der Waals surface area contributed by atoms with Crippen LogP contribution < -0.4 is 20.1 Å². The first-order valence-corrected chi connectivity index (χ1v) is 15.2. The Balaban J connectivity index is 1.44. The fraction of sp³-hybridized carbons (Fsp3) is 0.233. The lowest BCUT2D eigenvalue weighted by atomic mass is 10.1. The number of alkyl halides is 1. The fourth-order valence-corrected chi connectivity index (χ4v) is 5.88. The van der Waals surface area contributed by atoms with Gasteiger partial charge >= 0.3 is 0 Å². The van der Waals surface area contributed by atoms with E-state index in [1.807, 2.05) is 4.72 Å². The van der Waals surface area contributed by atoms with E-state index in [4.69, 9.17) is 4.74 Å². The Morgan fingerprint density at radius 3 is 2.61 bits per heavy atom. The summed E-state index contributed by atoms with van der Waals surface area (Å²) >= 11 is 0. The molecule has 1 aliphatic rings. The van der Waals surface area contributed by atoms with Crippen molar-refractivity contribution in [2.75, 3.05) is 23.1 Å². The molecule has 5 rings (SSSR count). The Kier molecular flexibility index (Phi) is 9.11. The van der Waals surface area contributed by atoms with Gasteiger partial charge in [-0.2, -0.15) is 4.39 Å². The summed E-state index contributed by atoms with van der Waals surface area (Å²) in [6.07, 6.45) is 2.14. The van der Waals surface area contributed by atoms with Gasteiger partial charge in [0.05, 0.1) is 22.7 Å². The lowest BCUT2D eigenvalue weighted by Crippen LogP contribution is -2.44. The Morgan fingerprint density at radius 2 is 1.86 bits per heavy atom. The van der Waals surface area contributed by atoms with E-state index in [1.165, 1.54) is 37.5 Å². The quantitative estimate of drug-likeness (QED) is 0.188. The largest absolute Gasteiger partial charge is 0.435 e. The van der Waals surface area contributed by atoms with Gasteiger partial charge in [-0.15, -0.1) is 0 Å². The van der Waals surface area contributed by atoms with Crippen molar-refractivity contribution in [2.45, 2.75) is 31.3 Å². The Labute approximate surface area is 251 Å². The molecule has 9 nitrogen and oxygen atoms in total. The van der Waals surface area contributed by atoms with Gasteiger partial charge in [0.15, 0.2) is 11.6 Å². The normalized spacial score (nSPS) is 16.8. The molecule has 2 atom stereocenters. The van der Waals surface area contributed by atoms with E-state index >= 15 is 8.78 Å². The van der Waals surface area contributed by atoms with Gasteiger partial charge in [0, 0.05) is 49.1 Å². The van der Waals surface area contributed by atoms with Crippen molar-refractivity contribution >= 4 is 27.2 Å². The van der Waals surface area contributed by atoms with Crippen LogP contribution in [-0.4, -0.2) is 48.7 Å². The minimum Gasteiger partial charge on any atom is -0.435 e. The molecule has 4 aromatic rings. The lowest BCUT2D eigenvalue weighted by Gasteiger charge is -2.26. The molecule has 0 spiro atoms. The molecule has 1 fully saturated rings. The number of sulfonamides is 1. The molecule has 44 heavy (non-hydrogen) atoms. The zero-order valence-corrected chi connectivity index (χ0v) is 24.3. The summed E-state index contributed by atoms with van der Waals surface area (Å²) in [7, 11) is -4.37. The molecule has 0 bridgehead atoms. The van der Waals surface area contributed by atoms with Gasteiger partial charge in [0.1, 0.15) is 12.0 Å². The molecule has 1 aliphatic heterocycles. The average molecular weight is 629 g/mol. The van der Waals surface area contributed by atoms with Gasteiger partial charge in [-0.3, -0.25) is 4.72 Å². The summed E-state index contributed by atoms with van der Waals surface area (Å²) in [6, 6.07) is 10.8. The number of nitrogens with zero attached hydrogens (tertiary/aromatic N) is 3. The molecule has 3 N–H and O–H groups in total. The van der Waals surface area contributed by atoms with Crippen LogP contribution in [0.5, 0.6) is 11.6 Å². The highest BCUT2D eigenvalue weighted by molar-refractivity contribution is 7.91. The van der Waals surface area contributed by atoms with Gasteiger partial charge in [0.25, 0.3) is 0 Å². The van der Waals surface area contributed by atoms with Crippen LogP contribution in [0.25, 0.3) is 16.8 Å². The fourth-order valence-electron chi connectivity index (χ4n) is 4.66. The highest BCUT2D eigenvalue weighted by Crippen LogP contribution is 2.38. The van der Waals surface area contributed by atoms with E-state index in [1.54, 1.807) is 18.2 Å². The highest BCUT2D eigenvalue weighted by Gasteiger charge is 2.26. The van der Waals surface area contributed by atoms with Gasteiger partial charge in [-0.25, -0.2) is 36.5 Å². The van der Waals surface area contributed by atoms with E-state index in [0.717, 1.165) is 12.1 Å². The number of anilines is 2. The van der Waals surface area contributed by atoms with Crippen LogP contribution in [0.15, 0.2) is 67.5 Å². The van der Waals surface area contributed by atoms with Crippen molar-refractivity contribution in [1.29, 1.82) is 0 Å². The van der Waals surface area contributed by atoms with E-state index in [9.17, 15) is 17.2 Å². The number of pyridine rings is 1. The standard InChI is InChI=1S/C30H28F4N6O3S/c1-17(2)22-13-25(26(33)27(34)28(22)40-44(41,42)16-18-6-3-4-8-23(18)32)43-29-21(7-5-10-36-29)24-9-11-37-30(39-24)38-20-12-19(31)14-35-15-20/h3-11,13,19-20,35,40H,1,12,14-16H2,2H3,(H,37,38,39)/t19-,20?/m0/s1. The van der Waals surface area contributed by atoms with Crippen LogP contribution in [0.2, 0.25) is 0 Å². The third kappa shape index (κ3) is 7.14. The third-order valence-electron chi connectivity index (χ3n) is 6.73. The molecule has 3 heterocycles. The van der Waals surface area contributed by atoms with Gasteiger partial charge < -0.3 is 15.4 Å². The number of rotatable bonds is 10. The molecule has 0 amide bonds. The number of benzene rings is 2. The predicted molar refractivity (Wildman–Crippen MR) is 159 cm³/mol. The zero-order chi connectivity index (χ0) is 31.4. The number of hydrogen-bond donors (Lipinski definition) is 3. The molecular weight excluding hydrogens is 600 g/mol. The molecule has 1 unspecified atom stereocenters. The summed E-state index contributed by atoms with van der Waals surface area (Å²) < 4.78 is 92.2. The highest BCUT2D eigenvalue weighted by atomic mass is 32.2. The topological polar surface area (TPSA) is 118 Å². The number of nitrogens with one attached hydrogen (secondary N) is 3. The number of hydrogen-bond acceptors (Lipinski definition) is 8. The molecule has 0 aliphatic carbocycles. The molecule has 2 aromatic heterocycles. The number of aromatic nitrogens is 3. The molecular formula is C30H28F4N6O3S. The summed E-state index contributed by atoms with van der Waals surface area (Å²) in [5.41, 5.74) is -0.0871. The molecule has 1 saturated heterocycles. The van der Waals surface area contributed by atoms with Crippen LogP contribution in [0, 0.1) is 17.5 Å². The predicted octanol–water partition coefficient (Wildman–Crippen LogP) is 5.84. The van der Waals surface area contributed by atoms with E-state index < -0.39 is 50.8 Å². The summed E-state index contributed by atoms with van der Waals surface area (Å²) in [5, 5.41) is 6.08. The second kappa shape index (κ2) is 13.0. The summed E-state index contributed by atoms with van der Waals surface area (Å²) in [6.45, 7) is 6.03. The van der Waals surface area contributed by atoms with Crippen LogP contribution >= 0.6 is 0 Å². The van der Waals surface area contributed by atoms with E-state index in [-0.39, 0.29) is 47.5 Å². The van der Waals surface area contributed by atoms with Crippen LogP contribution in [-0.2, 0) is 15.8 Å². The maximum atomic E-state index is 15.5. The first kappa shape index (κ1) is 30.9. The van der Waals surface area contributed by atoms with Crippen LogP contribution in [0.4, 0.5) is 29.2 Å². The zero-order valence-electron chi connectivity index (χ0n) is 23.5. The number of piperidine rings is 1. The average Bonchev–Trinajstić information content (AvgIpc) is 2.98. The monoisotopic (exact) mass is 628 g/mol. The van der Waals surface area contributed by atoms with Crippen LogP contribution in [0.3, 0.4) is 0 Å².